The third kappa shape index (κ3) is 4.04. The largest absolute Gasteiger partial charge is 0.329 e. The van der Waals surface area contributed by atoms with Crippen LogP contribution in [0.1, 0.15) is 31.7 Å². The van der Waals surface area contributed by atoms with Gasteiger partial charge in [-0.3, -0.25) is 9.58 Å². The minimum Gasteiger partial charge on any atom is -0.329 e. The Hall–Kier alpha value is -0.910. The van der Waals surface area contributed by atoms with Crippen molar-refractivity contribution in [2.45, 2.75) is 39.8 Å². The SMILES string of the molecule is CCc1cc(CN2CCCN(CCN)CC2)n(CC)n1. The Morgan fingerprint density at radius 2 is 1.90 bits per heavy atom. The van der Waals surface area contributed by atoms with Gasteiger partial charge in [0.05, 0.1) is 11.4 Å². The van der Waals surface area contributed by atoms with Gasteiger partial charge in [-0.05, 0) is 38.9 Å². The zero-order valence-corrected chi connectivity index (χ0v) is 13.0. The van der Waals surface area contributed by atoms with Gasteiger partial charge in [-0.15, -0.1) is 0 Å². The maximum absolute atomic E-state index is 5.66. The predicted octanol–water partition coefficient (Wildman–Crippen LogP) is 0.932. The van der Waals surface area contributed by atoms with Gasteiger partial charge >= 0.3 is 0 Å². The lowest BCUT2D eigenvalue weighted by Crippen LogP contribution is -2.34. The normalized spacial score (nSPS) is 18.4. The molecular weight excluding hydrogens is 250 g/mol. The van der Waals surface area contributed by atoms with Gasteiger partial charge in [-0.1, -0.05) is 6.92 Å². The molecule has 0 radical (unpaired) electrons. The molecule has 1 saturated heterocycles. The van der Waals surface area contributed by atoms with E-state index < -0.39 is 0 Å². The molecule has 20 heavy (non-hydrogen) atoms. The molecule has 0 atom stereocenters. The van der Waals surface area contributed by atoms with E-state index >= 15 is 0 Å². The second-order valence-electron chi connectivity index (χ2n) is 5.56. The molecule has 0 bridgehead atoms. The molecule has 1 aliphatic rings. The fourth-order valence-corrected chi connectivity index (χ4v) is 2.91. The lowest BCUT2D eigenvalue weighted by Gasteiger charge is -2.21. The van der Waals surface area contributed by atoms with Crippen molar-refractivity contribution in [2.24, 2.45) is 5.73 Å². The molecule has 2 N–H and O–H groups in total. The van der Waals surface area contributed by atoms with Crippen LogP contribution in [0.5, 0.6) is 0 Å². The van der Waals surface area contributed by atoms with Crippen LogP contribution in [-0.4, -0.2) is 58.8 Å². The van der Waals surface area contributed by atoms with Crippen LogP contribution in [0, 0.1) is 0 Å². The lowest BCUT2D eigenvalue weighted by atomic mass is 10.3. The topological polar surface area (TPSA) is 50.3 Å². The summed E-state index contributed by atoms with van der Waals surface area (Å²) in [5, 5.41) is 4.64. The lowest BCUT2D eigenvalue weighted by molar-refractivity contribution is 0.249. The van der Waals surface area contributed by atoms with Gasteiger partial charge < -0.3 is 10.6 Å². The zero-order chi connectivity index (χ0) is 14.4. The molecule has 2 heterocycles. The highest BCUT2D eigenvalue weighted by atomic mass is 15.3. The van der Waals surface area contributed by atoms with Gasteiger partial charge in [0.2, 0.25) is 0 Å². The molecule has 1 aromatic heterocycles. The summed E-state index contributed by atoms with van der Waals surface area (Å²) >= 11 is 0. The molecule has 0 aromatic carbocycles. The Morgan fingerprint density at radius 3 is 2.60 bits per heavy atom. The summed E-state index contributed by atoms with van der Waals surface area (Å²) in [5.74, 6) is 0. The van der Waals surface area contributed by atoms with Crippen LogP contribution in [0.15, 0.2) is 6.07 Å². The van der Waals surface area contributed by atoms with Crippen LogP contribution < -0.4 is 5.73 Å². The van der Waals surface area contributed by atoms with E-state index in [4.69, 9.17) is 5.73 Å². The molecule has 5 heteroatoms. The first-order valence-electron chi connectivity index (χ1n) is 7.97. The highest BCUT2D eigenvalue weighted by Crippen LogP contribution is 2.11. The van der Waals surface area contributed by atoms with Gasteiger partial charge in [-0.2, -0.15) is 5.10 Å². The van der Waals surface area contributed by atoms with E-state index in [-0.39, 0.29) is 0 Å². The fourth-order valence-electron chi connectivity index (χ4n) is 2.91. The van der Waals surface area contributed by atoms with E-state index in [1.165, 1.54) is 30.9 Å². The van der Waals surface area contributed by atoms with Crippen molar-refractivity contribution in [1.29, 1.82) is 0 Å². The van der Waals surface area contributed by atoms with Gasteiger partial charge in [0.25, 0.3) is 0 Å². The number of rotatable bonds is 6. The van der Waals surface area contributed by atoms with E-state index in [0.29, 0.717) is 0 Å². The quantitative estimate of drug-likeness (QED) is 0.842. The van der Waals surface area contributed by atoms with Crippen molar-refractivity contribution in [2.75, 3.05) is 39.3 Å². The number of nitrogens with two attached hydrogens (primary N) is 1. The van der Waals surface area contributed by atoms with Crippen LogP contribution in [0.3, 0.4) is 0 Å². The van der Waals surface area contributed by atoms with Crippen LogP contribution >= 0.6 is 0 Å². The minimum absolute atomic E-state index is 0.766. The van der Waals surface area contributed by atoms with Crippen LogP contribution in [0.25, 0.3) is 0 Å². The molecule has 1 aliphatic heterocycles. The molecule has 114 valence electrons. The van der Waals surface area contributed by atoms with Gasteiger partial charge in [0.15, 0.2) is 0 Å². The van der Waals surface area contributed by atoms with Crippen molar-refractivity contribution in [1.82, 2.24) is 19.6 Å². The monoisotopic (exact) mass is 279 g/mol. The van der Waals surface area contributed by atoms with Crippen molar-refractivity contribution >= 4 is 0 Å². The highest BCUT2D eigenvalue weighted by molar-refractivity contribution is 5.10. The maximum atomic E-state index is 5.66. The molecular formula is C15H29N5. The standard InChI is InChI=1S/C15H29N5/c1-3-14-12-15(20(4-2)17-14)13-19-8-5-7-18(9-6-16)10-11-19/h12H,3-11,13,16H2,1-2H3. The third-order valence-electron chi connectivity index (χ3n) is 4.09. The van der Waals surface area contributed by atoms with Crippen LogP contribution in [0.2, 0.25) is 0 Å². The average Bonchev–Trinajstić information content (AvgIpc) is 2.72. The Morgan fingerprint density at radius 1 is 1.15 bits per heavy atom. The van der Waals surface area contributed by atoms with E-state index in [0.717, 1.165) is 45.7 Å². The number of hydrogen-bond donors (Lipinski definition) is 1. The molecule has 0 saturated carbocycles. The Labute approximate surface area is 122 Å². The van der Waals surface area contributed by atoms with E-state index in [1.807, 2.05) is 0 Å². The Balaban J connectivity index is 1.94. The van der Waals surface area contributed by atoms with E-state index in [2.05, 4.69) is 39.5 Å². The summed E-state index contributed by atoms with van der Waals surface area (Å²) in [6, 6.07) is 2.27. The first-order valence-corrected chi connectivity index (χ1v) is 7.97. The molecule has 2 rings (SSSR count). The van der Waals surface area contributed by atoms with Crippen LogP contribution in [0.4, 0.5) is 0 Å². The van der Waals surface area contributed by atoms with Crippen molar-refractivity contribution in [3.05, 3.63) is 17.5 Å². The second kappa shape index (κ2) is 7.76. The molecule has 0 spiro atoms. The average molecular weight is 279 g/mol. The second-order valence-corrected chi connectivity index (χ2v) is 5.56. The number of aryl methyl sites for hydroxylation is 2. The molecule has 1 aromatic rings. The Bertz CT molecular complexity index is 401. The summed E-state index contributed by atoms with van der Waals surface area (Å²) in [6.07, 6.45) is 2.26. The molecule has 0 aliphatic carbocycles. The van der Waals surface area contributed by atoms with Crippen molar-refractivity contribution < 1.29 is 0 Å². The molecule has 5 nitrogen and oxygen atoms in total. The first-order chi connectivity index (χ1) is 9.76. The summed E-state index contributed by atoms with van der Waals surface area (Å²) in [7, 11) is 0. The summed E-state index contributed by atoms with van der Waals surface area (Å²) in [4.78, 5) is 5.04. The van der Waals surface area contributed by atoms with E-state index in [9.17, 15) is 0 Å². The third-order valence-corrected chi connectivity index (χ3v) is 4.09. The first kappa shape index (κ1) is 15.5. The Kier molecular flexibility index (Phi) is 6.01. The van der Waals surface area contributed by atoms with Crippen LogP contribution in [-0.2, 0) is 19.5 Å². The number of hydrogen-bond acceptors (Lipinski definition) is 4. The molecule has 1 fully saturated rings. The number of aromatic nitrogens is 2. The van der Waals surface area contributed by atoms with Crippen molar-refractivity contribution in [3.63, 3.8) is 0 Å². The minimum atomic E-state index is 0.766. The summed E-state index contributed by atoms with van der Waals surface area (Å²) in [6.45, 7) is 12.7. The highest BCUT2D eigenvalue weighted by Gasteiger charge is 2.16. The maximum Gasteiger partial charge on any atom is 0.0625 e. The molecule has 0 unspecified atom stereocenters. The van der Waals surface area contributed by atoms with Gasteiger partial charge in [-0.25, -0.2) is 0 Å². The fraction of sp³-hybridized carbons (Fsp3) is 0.800. The summed E-state index contributed by atoms with van der Waals surface area (Å²) in [5.41, 5.74) is 8.23. The summed E-state index contributed by atoms with van der Waals surface area (Å²) < 4.78 is 2.15. The van der Waals surface area contributed by atoms with E-state index in [1.54, 1.807) is 0 Å². The zero-order valence-electron chi connectivity index (χ0n) is 13.0. The number of nitrogens with zero attached hydrogens (tertiary/aromatic N) is 4. The molecule has 0 amide bonds. The van der Waals surface area contributed by atoms with Gasteiger partial charge in [0.1, 0.15) is 0 Å². The predicted molar refractivity (Wildman–Crippen MR) is 82.7 cm³/mol. The smallest absolute Gasteiger partial charge is 0.0625 e. The van der Waals surface area contributed by atoms with Crippen molar-refractivity contribution in [3.8, 4) is 0 Å². The van der Waals surface area contributed by atoms with Gasteiger partial charge in [0, 0.05) is 39.3 Å².